The molecule has 1 aromatic heterocycles. The van der Waals surface area contributed by atoms with Crippen LogP contribution in [0.2, 0.25) is 0 Å². The van der Waals surface area contributed by atoms with Crippen LogP contribution in [0.25, 0.3) is 0 Å². The highest BCUT2D eigenvalue weighted by molar-refractivity contribution is 14.1. The number of aromatic nitrogens is 1. The summed E-state index contributed by atoms with van der Waals surface area (Å²) in [6, 6.07) is 0.433. The van der Waals surface area contributed by atoms with E-state index in [1.165, 1.54) is 0 Å². The van der Waals surface area contributed by atoms with Gasteiger partial charge in [0.15, 0.2) is 0 Å². The average molecular weight is 415 g/mol. The van der Waals surface area contributed by atoms with Crippen LogP contribution in [-0.4, -0.2) is 22.4 Å². The number of carboxylic acids is 1. The quantitative estimate of drug-likeness (QED) is 0.609. The van der Waals surface area contributed by atoms with E-state index >= 15 is 0 Å². The molecule has 1 rings (SSSR count). The highest BCUT2D eigenvalue weighted by atomic mass is 127. The Labute approximate surface area is 120 Å². The third-order valence-electron chi connectivity index (χ3n) is 1.85. The predicted octanol–water partition coefficient (Wildman–Crippen LogP) is 3.23. The van der Waals surface area contributed by atoms with Gasteiger partial charge < -0.3 is 9.84 Å². The molecule has 0 aliphatic rings. The first kappa shape index (κ1) is 16.8. The summed E-state index contributed by atoms with van der Waals surface area (Å²) in [6.07, 6.45) is -11.3. The summed E-state index contributed by atoms with van der Waals surface area (Å²) >= 11 is 1.13. The SMILES string of the molecule is O=C(O)Cc1nc(OC(F)(F)F)cc(I)c1C(F)(F)F. The Kier molecular flexibility index (Phi) is 4.71. The first-order valence-corrected chi connectivity index (χ1v) is 5.72. The fraction of sp³-hybridized carbons (Fsp3) is 0.333. The zero-order valence-corrected chi connectivity index (χ0v) is 11.3. The van der Waals surface area contributed by atoms with Gasteiger partial charge in [-0.05, 0) is 22.6 Å². The lowest BCUT2D eigenvalue weighted by Gasteiger charge is -2.15. The van der Waals surface area contributed by atoms with Crippen molar-refractivity contribution in [2.45, 2.75) is 19.0 Å². The monoisotopic (exact) mass is 415 g/mol. The number of aliphatic carboxylic acids is 1. The zero-order valence-electron chi connectivity index (χ0n) is 9.14. The van der Waals surface area contributed by atoms with E-state index in [0.29, 0.717) is 6.07 Å². The molecule has 0 radical (unpaired) electrons. The van der Waals surface area contributed by atoms with Crippen LogP contribution in [0, 0.1) is 3.57 Å². The van der Waals surface area contributed by atoms with Crippen LogP contribution < -0.4 is 4.74 Å². The molecule has 0 fully saturated rings. The second-order valence-electron chi connectivity index (χ2n) is 3.38. The second kappa shape index (κ2) is 5.61. The van der Waals surface area contributed by atoms with Crippen LogP contribution in [0.3, 0.4) is 0 Å². The standard InChI is InChI=1S/C9H4F6INO3/c10-8(11,12)7-3(16)1-5(20-9(13,14)15)17-4(7)2-6(18)19/h1H,2H2,(H,18,19). The Morgan fingerprint density at radius 3 is 2.25 bits per heavy atom. The Hall–Kier alpha value is -1.27. The van der Waals surface area contributed by atoms with Gasteiger partial charge in [-0.2, -0.15) is 13.2 Å². The Bertz CT molecular complexity index is 528. The normalized spacial score (nSPS) is 12.3. The second-order valence-corrected chi connectivity index (χ2v) is 4.54. The van der Waals surface area contributed by atoms with Crippen molar-refractivity contribution in [2.75, 3.05) is 0 Å². The van der Waals surface area contributed by atoms with Gasteiger partial charge >= 0.3 is 18.5 Å². The maximum absolute atomic E-state index is 12.7. The number of nitrogens with zero attached hydrogens (tertiary/aromatic N) is 1. The van der Waals surface area contributed by atoms with Crippen molar-refractivity contribution in [1.82, 2.24) is 4.98 Å². The first-order valence-electron chi connectivity index (χ1n) is 4.64. The summed E-state index contributed by atoms with van der Waals surface area (Å²) < 4.78 is 76.9. The average Bonchev–Trinajstić information content (AvgIpc) is 2.08. The Morgan fingerprint density at radius 2 is 1.85 bits per heavy atom. The maximum Gasteiger partial charge on any atom is 0.574 e. The first-order chi connectivity index (χ1) is 8.90. The number of carboxylic acid groups (broad SMARTS) is 1. The highest BCUT2D eigenvalue weighted by Crippen LogP contribution is 2.37. The molecule has 0 aromatic carbocycles. The third kappa shape index (κ3) is 4.68. The molecule has 0 saturated heterocycles. The van der Waals surface area contributed by atoms with Crippen LogP contribution in [-0.2, 0) is 17.4 Å². The van der Waals surface area contributed by atoms with Gasteiger partial charge in [0.05, 0.1) is 17.7 Å². The van der Waals surface area contributed by atoms with Gasteiger partial charge in [-0.3, -0.25) is 4.79 Å². The van der Waals surface area contributed by atoms with E-state index < -0.39 is 45.6 Å². The molecule has 11 heteroatoms. The van der Waals surface area contributed by atoms with Crippen molar-refractivity contribution < 1.29 is 41.0 Å². The van der Waals surface area contributed by atoms with Gasteiger partial charge in [-0.15, -0.1) is 13.2 Å². The van der Waals surface area contributed by atoms with E-state index in [1.54, 1.807) is 0 Å². The number of alkyl halides is 6. The molecule has 0 aliphatic heterocycles. The van der Waals surface area contributed by atoms with Crippen molar-refractivity contribution >= 4 is 28.6 Å². The molecule has 112 valence electrons. The summed E-state index contributed by atoms with van der Waals surface area (Å²) in [7, 11) is 0. The molecule has 1 N–H and O–H groups in total. The van der Waals surface area contributed by atoms with Crippen molar-refractivity contribution in [3.05, 3.63) is 20.9 Å². The Morgan fingerprint density at radius 1 is 1.30 bits per heavy atom. The molecule has 20 heavy (non-hydrogen) atoms. The molecule has 0 atom stereocenters. The lowest BCUT2D eigenvalue weighted by Crippen LogP contribution is -2.21. The topological polar surface area (TPSA) is 59.4 Å². The maximum atomic E-state index is 12.7. The summed E-state index contributed by atoms with van der Waals surface area (Å²) in [6.45, 7) is 0. The number of carbonyl (C=O) groups is 1. The lowest BCUT2D eigenvalue weighted by molar-refractivity contribution is -0.276. The van der Waals surface area contributed by atoms with Crippen molar-refractivity contribution in [3.8, 4) is 5.88 Å². The van der Waals surface area contributed by atoms with E-state index in [0.717, 1.165) is 22.6 Å². The van der Waals surface area contributed by atoms with Gasteiger partial charge in [0.25, 0.3) is 0 Å². The fourth-order valence-corrected chi connectivity index (χ4v) is 2.16. The largest absolute Gasteiger partial charge is 0.574 e. The highest BCUT2D eigenvalue weighted by Gasteiger charge is 2.39. The number of hydrogen-bond acceptors (Lipinski definition) is 3. The number of ether oxygens (including phenoxy) is 1. The molecule has 0 bridgehead atoms. The van der Waals surface area contributed by atoms with Crippen molar-refractivity contribution in [3.63, 3.8) is 0 Å². The third-order valence-corrected chi connectivity index (χ3v) is 2.70. The molecular formula is C9H4F6INO3. The van der Waals surface area contributed by atoms with Gasteiger partial charge in [-0.25, -0.2) is 4.98 Å². The molecule has 1 heterocycles. The molecule has 0 spiro atoms. The van der Waals surface area contributed by atoms with Crippen LogP contribution >= 0.6 is 22.6 Å². The van der Waals surface area contributed by atoms with E-state index in [1.807, 2.05) is 0 Å². The van der Waals surface area contributed by atoms with Gasteiger partial charge in [0.2, 0.25) is 5.88 Å². The smallest absolute Gasteiger partial charge is 0.481 e. The molecule has 4 nitrogen and oxygen atoms in total. The van der Waals surface area contributed by atoms with Crippen molar-refractivity contribution in [1.29, 1.82) is 0 Å². The minimum absolute atomic E-state index is 0.433. The number of rotatable bonds is 3. The van der Waals surface area contributed by atoms with E-state index in [9.17, 15) is 31.1 Å². The van der Waals surface area contributed by atoms with Crippen molar-refractivity contribution in [2.24, 2.45) is 0 Å². The summed E-state index contributed by atoms with van der Waals surface area (Å²) in [5.74, 6) is -2.81. The number of halogens is 7. The van der Waals surface area contributed by atoms with E-state index in [4.69, 9.17) is 5.11 Å². The molecule has 0 aliphatic carbocycles. The predicted molar refractivity (Wildman–Crippen MR) is 60.0 cm³/mol. The summed E-state index contributed by atoms with van der Waals surface area (Å²) in [4.78, 5) is 13.5. The summed E-state index contributed by atoms with van der Waals surface area (Å²) in [5.41, 5.74) is -2.44. The number of hydrogen-bond donors (Lipinski definition) is 1. The molecule has 1 aromatic rings. The van der Waals surface area contributed by atoms with Gasteiger partial charge in [-0.1, -0.05) is 0 Å². The lowest BCUT2D eigenvalue weighted by atomic mass is 10.1. The van der Waals surface area contributed by atoms with E-state index in [-0.39, 0.29) is 0 Å². The Balaban J connectivity index is 3.37. The van der Waals surface area contributed by atoms with E-state index in [2.05, 4.69) is 9.72 Å². The van der Waals surface area contributed by atoms with Crippen LogP contribution in [0.5, 0.6) is 5.88 Å². The fourth-order valence-electron chi connectivity index (χ4n) is 1.28. The minimum atomic E-state index is -5.14. The molecule has 0 amide bonds. The minimum Gasteiger partial charge on any atom is -0.481 e. The summed E-state index contributed by atoms with van der Waals surface area (Å²) in [5, 5.41) is 8.50. The van der Waals surface area contributed by atoms with Crippen LogP contribution in [0.15, 0.2) is 6.07 Å². The van der Waals surface area contributed by atoms with Crippen LogP contribution in [0.1, 0.15) is 11.3 Å². The zero-order chi connectivity index (χ0) is 15.7. The van der Waals surface area contributed by atoms with Crippen LogP contribution in [0.4, 0.5) is 26.3 Å². The molecule has 0 unspecified atom stereocenters. The van der Waals surface area contributed by atoms with Gasteiger partial charge in [0.1, 0.15) is 0 Å². The molecular weight excluding hydrogens is 411 g/mol. The number of pyridine rings is 1. The molecule has 0 saturated carbocycles. The van der Waals surface area contributed by atoms with Gasteiger partial charge in [0, 0.05) is 9.64 Å².